The van der Waals surface area contributed by atoms with Crippen LogP contribution in [0.2, 0.25) is 0 Å². The van der Waals surface area contributed by atoms with Gasteiger partial charge in [-0.05, 0) is 12.3 Å². The first-order chi connectivity index (χ1) is 16.0. The highest BCUT2D eigenvalue weighted by molar-refractivity contribution is 5.70. The smallest absolute Gasteiger partial charge is 0.387 e. The number of nitrogens with zero attached hydrogens (tertiary/aromatic N) is 2. The van der Waals surface area contributed by atoms with Gasteiger partial charge in [0, 0.05) is 11.6 Å². The first-order valence-electron chi connectivity index (χ1n) is 8.91. The number of non-ortho nitro benzene ring substituents is 1. The van der Waals surface area contributed by atoms with E-state index in [9.17, 15) is 73.3 Å². The third-order valence-electron chi connectivity index (χ3n) is 4.54. The van der Waals surface area contributed by atoms with Crippen LogP contribution in [0.3, 0.4) is 0 Å². The Bertz CT molecular complexity index is 1040. The molecule has 1 aromatic rings. The quantitative estimate of drug-likeness (QED) is 0.111. The summed E-state index contributed by atoms with van der Waals surface area (Å²) in [5, 5.41) is 22.2. The Kier molecular flexibility index (Phi) is 8.08. The molecule has 20 heteroatoms. The Morgan fingerprint density at radius 2 is 1.39 bits per heavy atom. The zero-order valence-electron chi connectivity index (χ0n) is 17.3. The van der Waals surface area contributed by atoms with E-state index in [1.807, 2.05) is 0 Å². The lowest BCUT2D eigenvalue weighted by molar-refractivity contribution is -0.449. The van der Waals surface area contributed by atoms with Crippen molar-refractivity contribution in [3.05, 3.63) is 37.9 Å². The van der Waals surface area contributed by atoms with Crippen LogP contribution in [0, 0.1) is 20.2 Å². The van der Waals surface area contributed by atoms with Crippen LogP contribution in [0.1, 0.15) is 31.7 Å². The predicted octanol–water partition coefficient (Wildman–Crippen LogP) is 6.59. The minimum Gasteiger partial charge on any atom is -0.387 e. The monoisotopic (exact) mass is 552 g/mol. The van der Waals surface area contributed by atoms with E-state index >= 15 is 0 Å². The maximum absolute atomic E-state index is 13.6. The number of rotatable bonds is 9. The minimum atomic E-state index is -7.89. The van der Waals surface area contributed by atoms with Gasteiger partial charge in [0.05, 0.1) is 15.9 Å². The zero-order valence-corrected chi connectivity index (χ0v) is 17.3. The molecular weight excluding hydrogens is 541 g/mol. The molecule has 1 rings (SSSR count). The second kappa shape index (κ2) is 9.52. The van der Waals surface area contributed by atoms with Crippen LogP contribution in [0.15, 0.2) is 12.1 Å². The number of carbonyl (C=O) groups is 1. The molecule has 1 unspecified atom stereocenters. The molecule has 9 nitrogen and oxygen atoms in total. The van der Waals surface area contributed by atoms with Crippen LogP contribution < -0.4 is 4.74 Å². The van der Waals surface area contributed by atoms with E-state index in [1.165, 1.54) is 13.8 Å². The van der Waals surface area contributed by atoms with Gasteiger partial charge >= 0.3 is 41.9 Å². The Hall–Kier alpha value is -3.48. The molecule has 0 fully saturated rings. The number of hydrogen-bond acceptors (Lipinski definition) is 7. The largest absolute Gasteiger partial charge is 0.518 e. The average Bonchev–Trinajstić information content (AvgIpc) is 2.70. The molecule has 0 N–H and O–H groups in total. The number of ether oxygens (including phenoxy) is 2. The lowest BCUT2D eigenvalue weighted by atomic mass is 9.96. The molecule has 0 radical (unpaired) electrons. The molecule has 0 aliphatic carbocycles. The van der Waals surface area contributed by atoms with Crippen molar-refractivity contribution < 1.29 is 72.4 Å². The molecular formula is C16H11F11N2O7. The Morgan fingerprint density at radius 1 is 0.889 bits per heavy atom. The molecule has 204 valence electrons. The standard InChI is InChI=1S/C16H11F11N2O7/c1-3-6(2)8-4-7(28(31)32)5-9(29(33)34)10(8)35-11(30)36-16(26,27)14(21,22)12(17,18)13(19,20)15(23,24)25/h4-6H,3H2,1-2H3. The molecule has 0 bridgehead atoms. The topological polar surface area (TPSA) is 122 Å². The summed E-state index contributed by atoms with van der Waals surface area (Å²) >= 11 is 0. The van der Waals surface area contributed by atoms with Crippen molar-refractivity contribution in [3.63, 3.8) is 0 Å². The van der Waals surface area contributed by atoms with Crippen molar-refractivity contribution >= 4 is 17.5 Å². The first kappa shape index (κ1) is 30.6. The summed E-state index contributed by atoms with van der Waals surface area (Å²) in [5.41, 5.74) is -3.14. The van der Waals surface area contributed by atoms with Crippen molar-refractivity contribution in [1.29, 1.82) is 0 Å². The highest BCUT2D eigenvalue weighted by Crippen LogP contribution is 2.57. The third-order valence-corrected chi connectivity index (χ3v) is 4.54. The summed E-state index contributed by atoms with van der Waals surface area (Å²) in [4.78, 5) is 31.2. The van der Waals surface area contributed by atoms with Crippen LogP contribution in [0.5, 0.6) is 5.75 Å². The first-order valence-corrected chi connectivity index (χ1v) is 8.91. The average molecular weight is 552 g/mol. The third kappa shape index (κ3) is 5.20. The van der Waals surface area contributed by atoms with Gasteiger partial charge in [-0.3, -0.25) is 20.2 Å². The SMILES string of the molecule is CCC(C)c1cc([N+](=O)[O-])cc([N+](=O)[O-])c1OC(=O)OC(F)(F)C(F)(F)C(F)(F)C(F)(F)C(F)(F)F. The lowest BCUT2D eigenvalue weighted by Gasteiger charge is -2.35. The van der Waals surface area contributed by atoms with Gasteiger partial charge in [0.25, 0.3) is 5.69 Å². The number of alkyl halides is 11. The van der Waals surface area contributed by atoms with Crippen LogP contribution in [-0.4, -0.2) is 46.1 Å². The molecule has 0 saturated heterocycles. The summed E-state index contributed by atoms with van der Waals surface area (Å²) in [7, 11) is 0. The number of nitro benzene ring substituents is 2. The van der Waals surface area contributed by atoms with Gasteiger partial charge in [0.1, 0.15) is 0 Å². The fourth-order valence-corrected chi connectivity index (χ4v) is 2.39. The molecule has 1 atom stereocenters. The van der Waals surface area contributed by atoms with Crippen molar-refractivity contribution in [2.45, 2.75) is 56.2 Å². The van der Waals surface area contributed by atoms with Crippen LogP contribution in [-0.2, 0) is 4.74 Å². The van der Waals surface area contributed by atoms with Gasteiger partial charge in [-0.1, -0.05) is 13.8 Å². The summed E-state index contributed by atoms with van der Waals surface area (Å²) in [5.74, 6) is -25.8. The van der Waals surface area contributed by atoms with Crippen molar-refractivity contribution in [3.8, 4) is 5.75 Å². The van der Waals surface area contributed by atoms with Gasteiger partial charge < -0.3 is 9.47 Å². The predicted molar refractivity (Wildman–Crippen MR) is 91.4 cm³/mol. The molecule has 0 spiro atoms. The highest BCUT2D eigenvalue weighted by atomic mass is 19.4. The van der Waals surface area contributed by atoms with Crippen molar-refractivity contribution in [1.82, 2.24) is 0 Å². The van der Waals surface area contributed by atoms with E-state index in [0.29, 0.717) is 6.07 Å². The normalized spacial score (nSPS) is 14.2. The molecule has 0 aliphatic rings. The fraction of sp³-hybridized carbons (Fsp3) is 0.562. The highest BCUT2D eigenvalue weighted by Gasteiger charge is 2.88. The van der Waals surface area contributed by atoms with Gasteiger partial charge in [0.2, 0.25) is 5.75 Å². The van der Waals surface area contributed by atoms with Crippen molar-refractivity contribution in [2.75, 3.05) is 0 Å². The van der Waals surface area contributed by atoms with Crippen LogP contribution in [0.4, 0.5) is 64.5 Å². The molecule has 36 heavy (non-hydrogen) atoms. The number of hydrogen-bond donors (Lipinski definition) is 0. The number of halogens is 11. The molecule has 1 aromatic carbocycles. The van der Waals surface area contributed by atoms with E-state index in [-0.39, 0.29) is 12.5 Å². The minimum absolute atomic E-state index is 0.0310. The molecule has 0 amide bonds. The molecule has 0 aliphatic heterocycles. The van der Waals surface area contributed by atoms with Gasteiger partial charge in [-0.15, -0.1) is 0 Å². The number of carbonyl (C=O) groups excluding carboxylic acids is 1. The Balaban J connectivity index is 3.51. The van der Waals surface area contributed by atoms with E-state index < -0.39 is 74.7 Å². The van der Waals surface area contributed by atoms with Crippen molar-refractivity contribution in [2.24, 2.45) is 0 Å². The Labute approximate surface area is 191 Å². The second-order valence-corrected chi connectivity index (χ2v) is 6.90. The van der Waals surface area contributed by atoms with E-state index in [4.69, 9.17) is 0 Å². The maximum atomic E-state index is 13.6. The van der Waals surface area contributed by atoms with Gasteiger partial charge in [-0.2, -0.15) is 48.3 Å². The lowest BCUT2D eigenvalue weighted by Crippen LogP contribution is -2.67. The number of benzene rings is 1. The van der Waals surface area contributed by atoms with Crippen LogP contribution in [0.25, 0.3) is 0 Å². The van der Waals surface area contributed by atoms with Gasteiger partial charge in [-0.25, -0.2) is 4.79 Å². The van der Waals surface area contributed by atoms with E-state index in [2.05, 4.69) is 9.47 Å². The zero-order chi connectivity index (χ0) is 28.7. The fourth-order valence-electron chi connectivity index (χ4n) is 2.39. The summed E-state index contributed by atoms with van der Waals surface area (Å²) in [6, 6.07) is 0.661. The number of nitro groups is 2. The molecule has 0 heterocycles. The molecule has 0 saturated carbocycles. The Morgan fingerprint density at radius 3 is 1.78 bits per heavy atom. The van der Waals surface area contributed by atoms with E-state index in [1.54, 1.807) is 0 Å². The van der Waals surface area contributed by atoms with Gasteiger partial charge in [0.15, 0.2) is 0 Å². The van der Waals surface area contributed by atoms with E-state index in [0.717, 1.165) is 0 Å². The summed E-state index contributed by atoms with van der Waals surface area (Å²) in [6.07, 6.45) is -17.8. The second-order valence-electron chi connectivity index (χ2n) is 6.90. The summed E-state index contributed by atoms with van der Waals surface area (Å²) < 4.78 is 150. The van der Waals surface area contributed by atoms with Crippen LogP contribution >= 0.6 is 0 Å². The molecule has 0 aromatic heterocycles. The maximum Gasteiger partial charge on any atom is 0.518 e. The summed E-state index contributed by atoms with van der Waals surface area (Å²) in [6.45, 7) is 2.57.